The summed E-state index contributed by atoms with van der Waals surface area (Å²) < 4.78 is 0. The first-order valence-electron chi connectivity index (χ1n) is 8.66. The van der Waals surface area contributed by atoms with Crippen molar-refractivity contribution >= 4 is 34.2 Å². The van der Waals surface area contributed by atoms with Crippen LogP contribution in [-0.4, -0.2) is 34.1 Å². The number of carbonyl (C=O) groups excluding carboxylic acids is 1. The number of hydrogen-bond acceptors (Lipinski definition) is 5. The minimum atomic E-state index is -0.654. The topological polar surface area (TPSA) is 92.3 Å². The van der Waals surface area contributed by atoms with E-state index in [4.69, 9.17) is 17.3 Å². The molecule has 7 heteroatoms. The molecule has 6 nitrogen and oxygen atoms in total. The highest BCUT2D eigenvalue weighted by Crippen LogP contribution is 2.39. The van der Waals surface area contributed by atoms with Crippen molar-refractivity contribution in [1.82, 2.24) is 9.97 Å². The number of benzene rings is 2. The maximum absolute atomic E-state index is 12.2. The third-order valence-electron chi connectivity index (χ3n) is 5.04. The molecule has 1 fully saturated rings. The predicted molar refractivity (Wildman–Crippen MR) is 104 cm³/mol. The van der Waals surface area contributed by atoms with E-state index in [9.17, 15) is 9.90 Å². The summed E-state index contributed by atoms with van der Waals surface area (Å²) in [6.45, 7) is 0.699. The number of aliphatic hydroxyl groups excluding tert-OH is 1. The molecule has 2 aromatic carbocycles. The minimum absolute atomic E-state index is 0.239. The summed E-state index contributed by atoms with van der Waals surface area (Å²) in [6, 6.07) is 15.1. The third-order valence-corrected chi connectivity index (χ3v) is 5.29. The number of amides is 1. The first-order valence-corrected chi connectivity index (χ1v) is 9.04. The van der Waals surface area contributed by atoms with Crippen LogP contribution in [0, 0.1) is 5.41 Å². The zero-order chi connectivity index (χ0) is 19.0. The lowest BCUT2D eigenvalue weighted by atomic mass is 9.74. The third kappa shape index (κ3) is 3.22. The Morgan fingerprint density at radius 3 is 2.52 bits per heavy atom. The molecule has 4 rings (SSSR count). The predicted octanol–water partition coefficient (Wildman–Crippen LogP) is 2.31. The van der Waals surface area contributed by atoms with Gasteiger partial charge in [-0.05, 0) is 36.2 Å². The molecule has 1 aromatic heterocycles. The molecule has 1 amide bonds. The van der Waals surface area contributed by atoms with Gasteiger partial charge in [0, 0.05) is 23.5 Å². The second-order valence-electron chi connectivity index (χ2n) is 6.94. The van der Waals surface area contributed by atoms with Gasteiger partial charge in [0.2, 0.25) is 5.91 Å². The first kappa shape index (κ1) is 17.7. The highest BCUT2D eigenvalue weighted by Gasteiger charge is 2.49. The number of halogens is 1. The van der Waals surface area contributed by atoms with Crippen molar-refractivity contribution in [3.8, 4) is 0 Å². The van der Waals surface area contributed by atoms with Gasteiger partial charge in [0.25, 0.3) is 0 Å². The van der Waals surface area contributed by atoms with Crippen LogP contribution in [0.4, 0.5) is 5.82 Å². The van der Waals surface area contributed by atoms with Crippen LogP contribution in [0.2, 0.25) is 5.02 Å². The summed E-state index contributed by atoms with van der Waals surface area (Å²) in [5, 5.41) is 11.0. The van der Waals surface area contributed by atoms with Crippen LogP contribution in [0.15, 0.2) is 48.5 Å². The van der Waals surface area contributed by atoms with Crippen LogP contribution in [0.1, 0.15) is 11.4 Å². The first-order chi connectivity index (χ1) is 13.0. The maximum Gasteiger partial charge on any atom is 0.227 e. The monoisotopic (exact) mass is 382 g/mol. The number of carbonyl (C=O) groups is 1. The maximum atomic E-state index is 12.2. The number of fused-ring (bicyclic) bond motifs is 1. The van der Waals surface area contributed by atoms with Gasteiger partial charge >= 0.3 is 0 Å². The van der Waals surface area contributed by atoms with E-state index in [1.807, 2.05) is 53.4 Å². The summed E-state index contributed by atoms with van der Waals surface area (Å²) in [6.07, 6.45) is 0.547. The lowest BCUT2D eigenvalue weighted by molar-refractivity contribution is -0.129. The molecule has 0 bridgehead atoms. The number of hydrogen-bond donors (Lipinski definition) is 2. The van der Waals surface area contributed by atoms with Gasteiger partial charge in [0.05, 0.1) is 10.9 Å². The van der Waals surface area contributed by atoms with Crippen molar-refractivity contribution < 1.29 is 9.90 Å². The molecule has 3 N–H and O–H groups in total. The number of aromatic nitrogens is 2. The Labute approximate surface area is 161 Å². The molecule has 0 atom stereocenters. The van der Waals surface area contributed by atoms with Crippen molar-refractivity contribution in [3.05, 3.63) is 64.9 Å². The molecular formula is C20H19ClN4O2. The molecule has 0 saturated carbocycles. The molecule has 0 aliphatic carbocycles. The molecule has 138 valence electrons. The normalized spacial score (nSPS) is 15.6. The molecular weight excluding hydrogens is 364 g/mol. The molecule has 2 heterocycles. The average Bonchev–Trinajstić information content (AvgIpc) is 2.65. The van der Waals surface area contributed by atoms with Crippen LogP contribution in [0.5, 0.6) is 0 Å². The lowest BCUT2D eigenvalue weighted by Crippen LogP contribution is -2.64. The second-order valence-corrected chi connectivity index (χ2v) is 7.38. The molecule has 3 aromatic rings. The highest BCUT2D eigenvalue weighted by molar-refractivity contribution is 6.30. The number of para-hydroxylation sites is 1. The Hall–Kier alpha value is -2.70. The van der Waals surface area contributed by atoms with Crippen molar-refractivity contribution in [3.63, 3.8) is 0 Å². The minimum Gasteiger partial charge on any atom is -0.388 e. The SMILES string of the molecule is NC(=O)C1(Cc2ccc(Cl)cc2)CN(c2nc(CO)nc3ccccc23)C1. The molecule has 0 spiro atoms. The van der Waals surface area contributed by atoms with Crippen molar-refractivity contribution in [1.29, 1.82) is 0 Å². The van der Waals surface area contributed by atoms with Crippen molar-refractivity contribution in [2.45, 2.75) is 13.0 Å². The number of nitrogens with two attached hydrogens (primary N) is 1. The van der Waals surface area contributed by atoms with E-state index in [1.165, 1.54) is 0 Å². The summed E-state index contributed by atoms with van der Waals surface area (Å²) in [4.78, 5) is 23.1. The molecule has 0 radical (unpaired) electrons. The molecule has 27 heavy (non-hydrogen) atoms. The summed E-state index contributed by atoms with van der Waals surface area (Å²) in [5.41, 5.74) is 6.88. The zero-order valence-corrected chi connectivity index (χ0v) is 15.4. The van der Waals surface area contributed by atoms with E-state index >= 15 is 0 Å². The Balaban J connectivity index is 1.64. The fourth-order valence-corrected chi connectivity index (χ4v) is 3.73. The highest BCUT2D eigenvalue weighted by atomic mass is 35.5. The quantitative estimate of drug-likeness (QED) is 0.706. The number of aliphatic hydroxyl groups is 1. The van der Waals surface area contributed by atoms with Gasteiger partial charge in [-0.15, -0.1) is 0 Å². The van der Waals surface area contributed by atoms with Gasteiger partial charge in [-0.1, -0.05) is 35.9 Å². The summed E-state index contributed by atoms with van der Waals surface area (Å²) in [5.74, 6) is 0.755. The Bertz CT molecular complexity index is 1000. The fraction of sp³-hybridized carbons (Fsp3) is 0.250. The van der Waals surface area contributed by atoms with Crippen molar-refractivity contribution in [2.24, 2.45) is 11.1 Å². The fourth-order valence-electron chi connectivity index (χ4n) is 3.60. The van der Waals surface area contributed by atoms with E-state index in [0.717, 1.165) is 22.3 Å². The van der Waals surface area contributed by atoms with Crippen molar-refractivity contribution in [2.75, 3.05) is 18.0 Å². The molecule has 1 saturated heterocycles. The second kappa shape index (κ2) is 6.79. The number of anilines is 1. The molecule has 1 aliphatic heterocycles. The summed E-state index contributed by atoms with van der Waals surface area (Å²) >= 11 is 5.95. The van der Waals surface area contributed by atoms with Gasteiger partial charge in [-0.3, -0.25) is 4.79 Å². The van der Waals surface area contributed by atoms with Crippen LogP contribution in [0.3, 0.4) is 0 Å². The standard InChI is InChI=1S/C20H19ClN4O2/c21-14-7-5-13(6-8-14)9-20(19(22)27)11-25(12-20)18-15-3-1-2-4-16(15)23-17(10-26)24-18/h1-8,26H,9-12H2,(H2,22,27). The Morgan fingerprint density at radius 2 is 1.85 bits per heavy atom. The van der Waals surface area contributed by atoms with Crippen LogP contribution in [0.25, 0.3) is 10.9 Å². The van der Waals surface area contributed by atoms with Crippen LogP contribution in [-0.2, 0) is 17.8 Å². The number of primary amides is 1. The zero-order valence-electron chi connectivity index (χ0n) is 14.6. The summed E-state index contributed by atoms with van der Waals surface area (Å²) in [7, 11) is 0. The van der Waals surface area contributed by atoms with Gasteiger partial charge in [0.1, 0.15) is 12.4 Å². The van der Waals surface area contributed by atoms with Gasteiger partial charge in [-0.25, -0.2) is 9.97 Å². The Kier molecular flexibility index (Phi) is 4.45. The average molecular weight is 383 g/mol. The van der Waals surface area contributed by atoms with E-state index in [-0.39, 0.29) is 12.5 Å². The number of nitrogens with zero attached hydrogens (tertiary/aromatic N) is 3. The van der Waals surface area contributed by atoms with Crippen LogP contribution < -0.4 is 10.6 Å². The van der Waals surface area contributed by atoms with E-state index < -0.39 is 5.41 Å². The van der Waals surface area contributed by atoms with Gasteiger partial charge < -0.3 is 15.7 Å². The molecule has 1 aliphatic rings. The van der Waals surface area contributed by atoms with E-state index in [1.54, 1.807) is 0 Å². The van der Waals surface area contributed by atoms with E-state index in [0.29, 0.717) is 30.4 Å². The smallest absolute Gasteiger partial charge is 0.227 e. The van der Waals surface area contributed by atoms with E-state index in [2.05, 4.69) is 9.97 Å². The molecule has 0 unspecified atom stereocenters. The van der Waals surface area contributed by atoms with Crippen LogP contribution >= 0.6 is 11.6 Å². The van der Waals surface area contributed by atoms with Gasteiger partial charge in [0.15, 0.2) is 5.82 Å². The number of rotatable bonds is 5. The van der Waals surface area contributed by atoms with Gasteiger partial charge in [-0.2, -0.15) is 0 Å². The lowest BCUT2D eigenvalue weighted by Gasteiger charge is -2.49. The Morgan fingerprint density at radius 1 is 1.15 bits per heavy atom. The largest absolute Gasteiger partial charge is 0.388 e.